The van der Waals surface area contributed by atoms with Gasteiger partial charge in [-0.05, 0) is 31.5 Å². The van der Waals surface area contributed by atoms with E-state index in [0.29, 0.717) is 21.6 Å². The number of carbonyl (C=O) groups is 1. The molecule has 5 nitrogen and oxygen atoms in total. The number of fused-ring (bicyclic) bond motifs is 1. The third-order valence-corrected chi connectivity index (χ3v) is 3.44. The third-order valence-electron chi connectivity index (χ3n) is 3.03. The van der Waals surface area contributed by atoms with Crippen molar-refractivity contribution in [3.05, 3.63) is 34.5 Å². The molecule has 0 saturated carbocycles. The monoisotopic (exact) mass is 294 g/mol. The van der Waals surface area contributed by atoms with Crippen molar-refractivity contribution in [2.24, 2.45) is 0 Å². The van der Waals surface area contributed by atoms with Crippen molar-refractivity contribution in [1.82, 2.24) is 4.98 Å². The minimum Gasteiger partial charge on any atom is -0.478 e. The maximum absolute atomic E-state index is 11.3. The van der Waals surface area contributed by atoms with Crippen LogP contribution in [0.25, 0.3) is 10.9 Å². The molecule has 0 unspecified atom stereocenters. The first kappa shape index (κ1) is 14.6. The smallest absolute Gasteiger partial charge is 0.339 e. The maximum atomic E-state index is 11.3. The number of aromatic nitrogens is 1. The number of halogens is 1. The fourth-order valence-electron chi connectivity index (χ4n) is 1.98. The number of carboxylic acids is 1. The number of nitrogens with one attached hydrogen (secondary N) is 1. The van der Waals surface area contributed by atoms with Crippen LogP contribution in [0.4, 0.5) is 5.69 Å². The molecule has 1 aromatic heterocycles. The van der Waals surface area contributed by atoms with Gasteiger partial charge in [0.2, 0.25) is 0 Å². The molecule has 1 heterocycles. The molecule has 0 aliphatic carbocycles. The number of aliphatic hydroxyl groups is 1. The number of aryl methyl sites for hydroxylation is 1. The molecule has 0 bridgehead atoms. The van der Waals surface area contributed by atoms with Crippen LogP contribution in [0, 0.1) is 6.92 Å². The first-order valence-corrected chi connectivity index (χ1v) is 6.52. The number of benzene rings is 1. The zero-order valence-corrected chi connectivity index (χ0v) is 11.9. The average Bonchev–Trinajstić information content (AvgIpc) is 2.39. The number of rotatable bonds is 4. The summed E-state index contributed by atoms with van der Waals surface area (Å²) < 4.78 is 0. The Balaban J connectivity index is 2.67. The van der Waals surface area contributed by atoms with Gasteiger partial charge < -0.3 is 15.5 Å². The Morgan fingerprint density at radius 3 is 2.80 bits per heavy atom. The molecule has 1 atom stereocenters. The molecule has 0 aliphatic heterocycles. The number of aromatic carboxylic acids is 1. The summed E-state index contributed by atoms with van der Waals surface area (Å²) in [6.07, 6.45) is 0.714. The number of aliphatic hydroxyl groups excluding tert-OH is 1. The molecule has 2 rings (SSSR count). The van der Waals surface area contributed by atoms with Crippen LogP contribution >= 0.6 is 11.6 Å². The molecule has 0 aliphatic rings. The lowest BCUT2D eigenvalue weighted by molar-refractivity contribution is 0.0697. The predicted molar refractivity (Wildman–Crippen MR) is 78.6 cm³/mol. The largest absolute Gasteiger partial charge is 0.478 e. The van der Waals surface area contributed by atoms with E-state index in [1.165, 1.54) is 6.20 Å². The summed E-state index contributed by atoms with van der Waals surface area (Å²) in [6, 6.07) is 3.44. The van der Waals surface area contributed by atoms with E-state index in [-0.39, 0.29) is 12.1 Å². The molecule has 0 saturated heterocycles. The highest BCUT2D eigenvalue weighted by Gasteiger charge is 2.16. The van der Waals surface area contributed by atoms with Crippen molar-refractivity contribution in [3.63, 3.8) is 0 Å². The number of nitrogens with zero attached hydrogens (tertiary/aromatic N) is 1. The highest BCUT2D eigenvalue weighted by Crippen LogP contribution is 2.31. The van der Waals surface area contributed by atoms with Crippen molar-refractivity contribution in [2.75, 3.05) is 11.9 Å². The van der Waals surface area contributed by atoms with Gasteiger partial charge in [0.25, 0.3) is 0 Å². The van der Waals surface area contributed by atoms with Crippen LogP contribution in [0.15, 0.2) is 18.3 Å². The van der Waals surface area contributed by atoms with E-state index in [1.807, 2.05) is 6.92 Å². The number of carboxylic acid groups (broad SMARTS) is 1. The molecule has 0 spiro atoms. The van der Waals surface area contributed by atoms with E-state index in [0.717, 1.165) is 5.56 Å². The maximum Gasteiger partial charge on any atom is 0.339 e. The van der Waals surface area contributed by atoms with Gasteiger partial charge in [0.05, 0.1) is 17.3 Å². The minimum absolute atomic E-state index is 0.0693. The van der Waals surface area contributed by atoms with E-state index >= 15 is 0 Å². The lowest BCUT2D eigenvalue weighted by Crippen LogP contribution is -2.17. The van der Waals surface area contributed by atoms with E-state index in [4.69, 9.17) is 11.6 Å². The molecule has 0 fully saturated rings. The van der Waals surface area contributed by atoms with Crippen LogP contribution < -0.4 is 5.32 Å². The Morgan fingerprint density at radius 2 is 2.20 bits per heavy atom. The second-order valence-electron chi connectivity index (χ2n) is 4.65. The summed E-state index contributed by atoms with van der Waals surface area (Å²) in [5.41, 5.74) is 1.96. The van der Waals surface area contributed by atoms with Gasteiger partial charge in [-0.25, -0.2) is 4.79 Å². The number of hydrogen-bond acceptors (Lipinski definition) is 4. The van der Waals surface area contributed by atoms with Crippen LogP contribution in [0.1, 0.15) is 22.8 Å². The van der Waals surface area contributed by atoms with E-state index in [2.05, 4.69) is 10.3 Å². The van der Waals surface area contributed by atoms with Crippen molar-refractivity contribution in [1.29, 1.82) is 0 Å². The quantitative estimate of drug-likeness (QED) is 0.807. The standard InChI is InChI=1S/C14H15ClN2O3/c1-7(18)5-16-13-9-3-4-11(15)8(2)12(9)17-6-10(13)14(19)20/h3-4,6-7,18H,5H2,1-2H3,(H,16,17)(H,19,20)/t7-/m1/s1. The third kappa shape index (κ3) is 2.69. The molecule has 106 valence electrons. The second-order valence-corrected chi connectivity index (χ2v) is 5.06. The Bertz CT molecular complexity index is 671. The molecule has 0 amide bonds. The van der Waals surface area contributed by atoms with Gasteiger partial charge in [0.15, 0.2) is 0 Å². The topological polar surface area (TPSA) is 82.5 Å². The lowest BCUT2D eigenvalue weighted by Gasteiger charge is -2.15. The van der Waals surface area contributed by atoms with Gasteiger partial charge in [-0.3, -0.25) is 4.98 Å². The fraction of sp³-hybridized carbons (Fsp3) is 0.286. The minimum atomic E-state index is -1.07. The zero-order valence-electron chi connectivity index (χ0n) is 11.1. The molecule has 0 radical (unpaired) electrons. The number of pyridine rings is 1. The first-order chi connectivity index (χ1) is 9.41. The summed E-state index contributed by atoms with van der Waals surface area (Å²) in [7, 11) is 0. The summed E-state index contributed by atoms with van der Waals surface area (Å²) >= 11 is 6.05. The van der Waals surface area contributed by atoms with E-state index in [1.54, 1.807) is 19.1 Å². The van der Waals surface area contributed by atoms with Gasteiger partial charge in [-0.2, -0.15) is 0 Å². The summed E-state index contributed by atoms with van der Waals surface area (Å²) in [6.45, 7) is 3.70. The van der Waals surface area contributed by atoms with Crippen LogP contribution in [-0.4, -0.2) is 33.8 Å². The lowest BCUT2D eigenvalue weighted by atomic mass is 10.1. The molecule has 3 N–H and O–H groups in total. The SMILES string of the molecule is Cc1c(Cl)ccc2c(NC[C@@H](C)O)c(C(=O)O)cnc12. The van der Waals surface area contributed by atoms with Crippen molar-refractivity contribution >= 4 is 34.2 Å². The van der Waals surface area contributed by atoms with Crippen LogP contribution in [0.5, 0.6) is 0 Å². The highest BCUT2D eigenvalue weighted by atomic mass is 35.5. The van der Waals surface area contributed by atoms with Gasteiger partial charge in [0, 0.05) is 23.2 Å². The van der Waals surface area contributed by atoms with Crippen molar-refractivity contribution < 1.29 is 15.0 Å². The number of anilines is 1. The normalized spacial score (nSPS) is 12.4. The Hall–Kier alpha value is -1.85. The molecule has 2 aromatic rings. The molecular weight excluding hydrogens is 280 g/mol. The fourth-order valence-corrected chi connectivity index (χ4v) is 2.14. The second kappa shape index (κ2) is 5.64. The summed E-state index contributed by atoms with van der Waals surface area (Å²) in [5.74, 6) is -1.07. The zero-order chi connectivity index (χ0) is 14.9. The van der Waals surface area contributed by atoms with Gasteiger partial charge in [0.1, 0.15) is 5.56 Å². The molecule has 20 heavy (non-hydrogen) atoms. The number of hydrogen-bond donors (Lipinski definition) is 3. The Labute approximate surface area is 121 Å². The Morgan fingerprint density at radius 1 is 1.50 bits per heavy atom. The van der Waals surface area contributed by atoms with Crippen molar-refractivity contribution in [3.8, 4) is 0 Å². The van der Waals surface area contributed by atoms with Gasteiger partial charge in [-0.1, -0.05) is 11.6 Å². The van der Waals surface area contributed by atoms with Crippen LogP contribution in [-0.2, 0) is 0 Å². The van der Waals surface area contributed by atoms with Crippen LogP contribution in [0.2, 0.25) is 5.02 Å². The Kier molecular flexibility index (Phi) is 4.11. The molecule has 6 heteroatoms. The molecule has 1 aromatic carbocycles. The average molecular weight is 295 g/mol. The first-order valence-electron chi connectivity index (χ1n) is 6.15. The summed E-state index contributed by atoms with van der Waals surface area (Å²) in [4.78, 5) is 15.5. The van der Waals surface area contributed by atoms with E-state index in [9.17, 15) is 15.0 Å². The van der Waals surface area contributed by atoms with E-state index < -0.39 is 12.1 Å². The summed E-state index contributed by atoms with van der Waals surface area (Å²) in [5, 5.41) is 22.8. The predicted octanol–water partition coefficient (Wildman–Crippen LogP) is 2.69. The van der Waals surface area contributed by atoms with Crippen LogP contribution in [0.3, 0.4) is 0 Å². The van der Waals surface area contributed by atoms with Gasteiger partial charge >= 0.3 is 5.97 Å². The highest BCUT2D eigenvalue weighted by molar-refractivity contribution is 6.32. The van der Waals surface area contributed by atoms with Crippen molar-refractivity contribution in [2.45, 2.75) is 20.0 Å². The van der Waals surface area contributed by atoms with Gasteiger partial charge in [-0.15, -0.1) is 0 Å². The molecular formula is C14H15ClN2O3.